The summed E-state index contributed by atoms with van der Waals surface area (Å²) in [4.78, 5) is 15.9. The van der Waals surface area contributed by atoms with Gasteiger partial charge in [-0.3, -0.25) is 4.79 Å². The maximum Gasteiger partial charge on any atom is 0.253 e. The third kappa shape index (κ3) is 3.76. The van der Waals surface area contributed by atoms with Gasteiger partial charge in [0.05, 0.1) is 0 Å². The molecule has 0 saturated heterocycles. The van der Waals surface area contributed by atoms with Crippen molar-refractivity contribution >= 4 is 52.3 Å². The molecule has 1 aromatic heterocycles. The van der Waals surface area contributed by atoms with Crippen LogP contribution in [0, 0.1) is 0 Å². The molecule has 0 radical (unpaired) electrons. The molecule has 1 amide bonds. The van der Waals surface area contributed by atoms with Gasteiger partial charge in [0.1, 0.15) is 12.7 Å². The summed E-state index contributed by atoms with van der Waals surface area (Å²) in [5.41, 5.74) is 0.383. The van der Waals surface area contributed by atoms with Crippen LogP contribution in [0.1, 0.15) is 16.5 Å². The molecule has 0 aliphatic carbocycles. The number of hydrogen-bond acceptors (Lipinski definition) is 3. The van der Waals surface area contributed by atoms with Crippen LogP contribution in [0.5, 0.6) is 0 Å². The van der Waals surface area contributed by atoms with E-state index in [0.29, 0.717) is 10.6 Å². The zero-order valence-corrected chi connectivity index (χ0v) is 12.8. The lowest BCUT2D eigenvalue weighted by Gasteiger charge is -2.25. The smallest absolute Gasteiger partial charge is 0.253 e. The largest absolute Gasteiger partial charge is 0.327 e. The van der Waals surface area contributed by atoms with Crippen molar-refractivity contribution in [3.8, 4) is 0 Å². The van der Waals surface area contributed by atoms with Crippen LogP contribution in [0.15, 0.2) is 36.9 Å². The Morgan fingerprint density at radius 2 is 1.90 bits per heavy atom. The second-order valence-electron chi connectivity index (χ2n) is 3.80. The molecular formula is C11H8Cl4N4O. The van der Waals surface area contributed by atoms with E-state index in [9.17, 15) is 4.79 Å². The number of carbonyl (C=O) groups is 1. The van der Waals surface area contributed by atoms with Crippen LogP contribution in [-0.4, -0.2) is 24.5 Å². The molecule has 1 N–H and O–H groups in total. The second kappa shape index (κ2) is 6.18. The Kier molecular flexibility index (Phi) is 4.75. The highest BCUT2D eigenvalue weighted by Gasteiger charge is 2.36. The van der Waals surface area contributed by atoms with Gasteiger partial charge in [-0.2, -0.15) is 5.10 Å². The maximum absolute atomic E-state index is 12.1. The molecule has 0 fully saturated rings. The first-order valence-corrected chi connectivity index (χ1v) is 6.86. The lowest BCUT2D eigenvalue weighted by atomic mass is 10.2. The molecule has 0 spiro atoms. The highest BCUT2D eigenvalue weighted by molar-refractivity contribution is 6.67. The van der Waals surface area contributed by atoms with E-state index in [0.717, 1.165) is 0 Å². The molecule has 20 heavy (non-hydrogen) atoms. The van der Waals surface area contributed by atoms with Crippen molar-refractivity contribution in [1.29, 1.82) is 0 Å². The average Bonchev–Trinajstić information content (AvgIpc) is 2.88. The Bertz CT molecular complexity index is 579. The third-order valence-corrected chi connectivity index (χ3v) is 3.26. The summed E-state index contributed by atoms with van der Waals surface area (Å²) in [6.45, 7) is 0. The molecule has 0 saturated carbocycles. The second-order valence-corrected chi connectivity index (χ2v) is 6.61. The van der Waals surface area contributed by atoms with Gasteiger partial charge in [-0.25, -0.2) is 9.67 Å². The van der Waals surface area contributed by atoms with Crippen molar-refractivity contribution in [1.82, 2.24) is 20.1 Å². The number of amides is 1. The zero-order valence-electron chi connectivity index (χ0n) is 9.80. The van der Waals surface area contributed by atoms with Gasteiger partial charge in [0.15, 0.2) is 6.17 Å². The summed E-state index contributed by atoms with van der Waals surface area (Å²) in [5, 5.41) is 6.96. The molecule has 0 bridgehead atoms. The van der Waals surface area contributed by atoms with E-state index in [4.69, 9.17) is 46.4 Å². The molecule has 0 aliphatic rings. The normalized spacial score (nSPS) is 13.0. The number of carbonyl (C=O) groups excluding carboxylic acids is 1. The van der Waals surface area contributed by atoms with Crippen molar-refractivity contribution in [2.24, 2.45) is 0 Å². The SMILES string of the molecule is O=C(NC(n1cncn1)C(Cl)(Cl)Cl)c1ccc(Cl)cc1. The zero-order chi connectivity index (χ0) is 14.8. The number of halogens is 4. The Labute approximate surface area is 134 Å². The fourth-order valence-corrected chi connectivity index (χ4v) is 2.05. The number of rotatable bonds is 3. The molecule has 9 heteroatoms. The van der Waals surface area contributed by atoms with Gasteiger partial charge in [0.25, 0.3) is 5.91 Å². The van der Waals surface area contributed by atoms with Crippen LogP contribution in [0.25, 0.3) is 0 Å². The predicted octanol–water partition coefficient (Wildman–Crippen LogP) is 3.23. The van der Waals surface area contributed by atoms with E-state index >= 15 is 0 Å². The summed E-state index contributed by atoms with van der Waals surface area (Å²) >= 11 is 23.3. The lowest BCUT2D eigenvalue weighted by Crippen LogP contribution is -2.40. The molecule has 2 rings (SSSR count). The molecule has 2 aromatic rings. The number of nitrogens with one attached hydrogen (secondary N) is 1. The topological polar surface area (TPSA) is 59.8 Å². The van der Waals surface area contributed by atoms with Gasteiger partial charge in [-0.05, 0) is 24.3 Å². The molecule has 106 valence electrons. The number of hydrogen-bond donors (Lipinski definition) is 1. The van der Waals surface area contributed by atoms with Gasteiger partial charge < -0.3 is 5.32 Å². The van der Waals surface area contributed by atoms with Crippen molar-refractivity contribution < 1.29 is 4.79 Å². The third-order valence-electron chi connectivity index (χ3n) is 2.39. The van der Waals surface area contributed by atoms with E-state index in [-0.39, 0.29) is 0 Å². The first kappa shape index (κ1) is 15.4. The Hall–Kier alpha value is -1.01. The quantitative estimate of drug-likeness (QED) is 0.862. The standard InChI is InChI=1S/C11H8Cl4N4O/c12-8-3-1-7(2-4-8)9(20)18-10(11(13,14)15)19-6-16-5-17-19/h1-6,10H,(H,18,20). The molecule has 5 nitrogen and oxygen atoms in total. The van der Waals surface area contributed by atoms with E-state index in [1.54, 1.807) is 24.3 Å². The Morgan fingerprint density at radius 1 is 1.25 bits per heavy atom. The molecule has 0 aliphatic heterocycles. The highest BCUT2D eigenvalue weighted by atomic mass is 35.6. The summed E-state index contributed by atoms with van der Waals surface area (Å²) in [5.74, 6) is -0.423. The summed E-state index contributed by atoms with van der Waals surface area (Å²) < 4.78 is -0.531. The van der Waals surface area contributed by atoms with Crippen molar-refractivity contribution in [3.63, 3.8) is 0 Å². The molecule has 1 aromatic carbocycles. The van der Waals surface area contributed by atoms with E-state index in [1.807, 2.05) is 0 Å². The minimum atomic E-state index is -1.78. The number of aromatic nitrogens is 3. The summed E-state index contributed by atoms with van der Waals surface area (Å²) in [6.07, 6.45) is 1.63. The molecule has 1 atom stereocenters. The first-order chi connectivity index (χ1) is 9.38. The van der Waals surface area contributed by atoms with Crippen molar-refractivity contribution in [2.75, 3.05) is 0 Å². The molecule has 1 unspecified atom stereocenters. The van der Waals surface area contributed by atoms with E-state index in [1.165, 1.54) is 17.3 Å². The first-order valence-electron chi connectivity index (χ1n) is 5.35. The molecule has 1 heterocycles. The van der Waals surface area contributed by atoms with Crippen molar-refractivity contribution in [3.05, 3.63) is 47.5 Å². The monoisotopic (exact) mass is 352 g/mol. The Morgan fingerprint density at radius 3 is 2.40 bits per heavy atom. The van der Waals surface area contributed by atoms with Crippen LogP contribution in [0.2, 0.25) is 5.02 Å². The van der Waals surface area contributed by atoms with E-state index < -0.39 is 15.9 Å². The van der Waals surface area contributed by atoms with E-state index in [2.05, 4.69) is 15.4 Å². The summed E-state index contributed by atoms with van der Waals surface area (Å²) in [7, 11) is 0. The Balaban J connectivity index is 2.20. The predicted molar refractivity (Wildman–Crippen MR) is 78.3 cm³/mol. The fraction of sp³-hybridized carbons (Fsp3) is 0.182. The number of benzene rings is 1. The van der Waals surface area contributed by atoms with Gasteiger partial charge in [0.2, 0.25) is 3.79 Å². The van der Waals surface area contributed by atoms with Gasteiger partial charge in [-0.15, -0.1) is 0 Å². The van der Waals surface area contributed by atoms with Crippen LogP contribution >= 0.6 is 46.4 Å². The van der Waals surface area contributed by atoms with Crippen LogP contribution in [-0.2, 0) is 0 Å². The average molecular weight is 354 g/mol. The molecular weight excluding hydrogens is 346 g/mol. The van der Waals surface area contributed by atoms with Crippen LogP contribution < -0.4 is 5.32 Å². The highest BCUT2D eigenvalue weighted by Crippen LogP contribution is 2.36. The summed E-state index contributed by atoms with van der Waals surface area (Å²) in [6, 6.07) is 6.31. The minimum Gasteiger partial charge on any atom is -0.327 e. The number of alkyl halides is 3. The van der Waals surface area contributed by atoms with Crippen molar-refractivity contribution in [2.45, 2.75) is 9.96 Å². The van der Waals surface area contributed by atoms with Gasteiger partial charge in [0, 0.05) is 10.6 Å². The van der Waals surface area contributed by atoms with Gasteiger partial charge >= 0.3 is 0 Å². The van der Waals surface area contributed by atoms with Crippen LogP contribution in [0.3, 0.4) is 0 Å². The minimum absolute atomic E-state index is 0.383. The van der Waals surface area contributed by atoms with Crippen LogP contribution in [0.4, 0.5) is 0 Å². The van der Waals surface area contributed by atoms with Gasteiger partial charge in [-0.1, -0.05) is 46.4 Å². The maximum atomic E-state index is 12.1. The lowest BCUT2D eigenvalue weighted by molar-refractivity contribution is 0.0916. The number of nitrogens with zero attached hydrogens (tertiary/aromatic N) is 3. The fourth-order valence-electron chi connectivity index (χ4n) is 1.46.